The summed E-state index contributed by atoms with van der Waals surface area (Å²) in [5.41, 5.74) is 1.02. The number of rotatable bonds is 7. The molecule has 0 aromatic heterocycles. The van der Waals surface area contributed by atoms with Crippen LogP contribution in [0.25, 0.3) is 0 Å². The predicted octanol–water partition coefficient (Wildman–Crippen LogP) is 2.66. The van der Waals surface area contributed by atoms with Crippen LogP contribution in [0.15, 0.2) is 24.3 Å². The molecule has 106 valence electrons. The Kier molecular flexibility index (Phi) is 6.19. The maximum Gasteiger partial charge on any atom is 0.257 e. The summed E-state index contributed by atoms with van der Waals surface area (Å²) in [6.07, 6.45) is 1.11. The van der Waals surface area contributed by atoms with E-state index in [0.29, 0.717) is 17.7 Å². The smallest absolute Gasteiger partial charge is 0.257 e. The first-order chi connectivity index (χ1) is 9.01. The quantitative estimate of drug-likeness (QED) is 0.796. The zero-order valence-electron chi connectivity index (χ0n) is 12.2. The van der Waals surface area contributed by atoms with Crippen LogP contribution in [0.1, 0.15) is 27.2 Å². The van der Waals surface area contributed by atoms with Crippen LogP contribution in [0.4, 0.5) is 5.69 Å². The van der Waals surface area contributed by atoms with E-state index in [9.17, 15) is 4.79 Å². The summed E-state index contributed by atoms with van der Waals surface area (Å²) < 4.78 is 5.41. The Balaban J connectivity index is 2.54. The molecule has 1 rings (SSSR count). The number of hydrogen-bond donors (Lipinski definition) is 2. The van der Waals surface area contributed by atoms with Gasteiger partial charge in [-0.3, -0.25) is 4.79 Å². The van der Waals surface area contributed by atoms with Gasteiger partial charge in [-0.1, -0.05) is 19.9 Å². The Hall–Kier alpha value is -1.71. The molecule has 0 saturated carbocycles. The van der Waals surface area contributed by atoms with Crippen molar-refractivity contribution < 1.29 is 9.53 Å². The van der Waals surface area contributed by atoms with Crippen molar-refractivity contribution in [2.45, 2.75) is 33.2 Å². The molecule has 1 unspecified atom stereocenters. The molecule has 2 N–H and O–H groups in total. The van der Waals surface area contributed by atoms with Crippen LogP contribution in [-0.4, -0.2) is 25.6 Å². The van der Waals surface area contributed by atoms with Gasteiger partial charge in [-0.15, -0.1) is 0 Å². The van der Waals surface area contributed by atoms with E-state index in [0.717, 1.165) is 12.1 Å². The fourth-order valence-electron chi connectivity index (χ4n) is 1.95. The van der Waals surface area contributed by atoms with Gasteiger partial charge >= 0.3 is 0 Å². The normalized spacial score (nSPS) is 12.1. The topological polar surface area (TPSA) is 50.4 Å². The molecule has 19 heavy (non-hydrogen) atoms. The van der Waals surface area contributed by atoms with E-state index >= 15 is 0 Å². The van der Waals surface area contributed by atoms with E-state index in [4.69, 9.17) is 4.74 Å². The second kappa shape index (κ2) is 7.67. The summed E-state index contributed by atoms with van der Waals surface area (Å²) >= 11 is 0. The van der Waals surface area contributed by atoms with Gasteiger partial charge in [0.05, 0.1) is 0 Å². The number of anilines is 1. The second-order valence-electron chi connectivity index (χ2n) is 5.16. The Morgan fingerprint density at radius 1 is 1.32 bits per heavy atom. The number of likely N-dealkylation sites (N-methyl/N-ethyl adjacent to an activating group) is 1. The van der Waals surface area contributed by atoms with E-state index in [-0.39, 0.29) is 12.5 Å². The summed E-state index contributed by atoms with van der Waals surface area (Å²) in [4.78, 5) is 11.1. The van der Waals surface area contributed by atoms with Crippen molar-refractivity contribution in [1.82, 2.24) is 5.32 Å². The molecule has 1 amide bonds. The molecule has 1 aromatic rings. The minimum atomic E-state index is -0.133. The minimum absolute atomic E-state index is 0.0432. The second-order valence-corrected chi connectivity index (χ2v) is 5.16. The molecule has 0 fully saturated rings. The molecule has 0 saturated heterocycles. The fraction of sp³-hybridized carbons (Fsp3) is 0.533. The van der Waals surface area contributed by atoms with Gasteiger partial charge in [-0.25, -0.2) is 0 Å². The molecule has 0 heterocycles. The first-order valence-electron chi connectivity index (χ1n) is 6.71. The summed E-state index contributed by atoms with van der Waals surface area (Å²) in [5.74, 6) is 1.23. The summed E-state index contributed by atoms with van der Waals surface area (Å²) in [6.45, 7) is 6.63. The SMILES string of the molecule is CNC(=O)COc1cccc(NC(C)CC(C)C)c1. The maximum atomic E-state index is 11.1. The summed E-state index contributed by atoms with van der Waals surface area (Å²) in [7, 11) is 1.59. The van der Waals surface area contributed by atoms with Crippen molar-refractivity contribution in [3.05, 3.63) is 24.3 Å². The molecule has 4 nitrogen and oxygen atoms in total. The monoisotopic (exact) mass is 264 g/mol. The molecule has 0 radical (unpaired) electrons. The third-order valence-corrected chi connectivity index (χ3v) is 2.72. The lowest BCUT2D eigenvalue weighted by molar-refractivity contribution is -0.122. The van der Waals surface area contributed by atoms with Crippen LogP contribution < -0.4 is 15.4 Å². The van der Waals surface area contributed by atoms with E-state index in [1.165, 1.54) is 0 Å². The van der Waals surface area contributed by atoms with Crippen LogP contribution >= 0.6 is 0 Å². The highest BCUT2D eigenvalue weighted by atomic mass is 16.5. The molecule has 4 heteroatoms. The molecule has 0 aliphatic carbocycles. The molecule has 0 bridgehead atoms. The maximum absolute atomic E-state index is 11.1. The van der Waals surface area contributed by atoms with Crippen molar-refractivity contribution in [2.75, 3.05) is 19.0 Å². The molecule has 0 aliphatic heterocycles. The molecular formula is C15H24N2O2. The van der Waals surface area contributed by atoms with Crippen LogP contribution in [0.2, 0.25) is 0 Å². The highest BCUT2D eigenvalue weighted by Crippen LogP contribution is 2.19. The average molecular weight is 264 g/mol. The van der Waals surface area contributed by atoms with Gasteiger partial charge in [0.25, 0.3) is 5.91 Å². The van der Waals surface area contributed by atoms with Crippen LogP contribution in [0.3, 0.4) is 0 Å². The van der Waals surface area contributed by atoms with Crippen molar-refractivity contribution in [3.63, 3.8) is 0 Å². The molecular weight excluding hydrogens is 240 g/mol. The van der Waals surface area contributed by atoms with Gasteiger partial charge in [-0.2, -0.15) is 0 Å². The number of benzene rings is 1. The third-order valence-electron chi connectivity index (χ3n) is 2.72. The number of carbonyl (C=O) groups is 1. The lowest BCUT2D eigenvalue weighted by atomic mass is 10.1. The Bertz CT molecular complexity index is 405. The minimum Gasteiger partial charge on any atom is -0.484 e. The molecule has 1 atom stereocenters. The Morgan fingerprint density at radius 2 is 2.05 bits per heavy atom. The first kappa shape index (κ1) is 15.3. The van der Waals surface area contributed by atoms with Gasteiger partial charge in [0, 0.05) is 24.8 Å². The fourth-order valence-corrected chi connectivity index (χ4v) is 1.95. The lowest BCUT2D eigenvalue weighted by Crippen LogP contribution is -2.24. The van der Waals surface area contributed by atoms with Gasteiger partial charge in [-0.05, 0) is 31.4 Å². The van der Waals surface area contributed by atoms with Crippen LogP contribution in [-0.2, 0) is 4.79 Å². The van der Waals surface area contributed by atoms with Crippen molar-refractivity contribution >= 4 is 11.6 Å². The van der Waals surface area contributed by atoms with Crippen LogP contribution in [0, 0.1) is 5.92 Å². The first-order valence-corrected chi connectivity index (χ1v) is 6.71. The molecule has 0 spiro atoms. The van der Waals surface area contributed by atoms with Crippen molar-refractivity contribution in [2.24, 2.45) is 5.92 Å². The average Bonchev–Trinajstić information content (AvgIpc) is 2.35. The van der Waals surface area contributed by atoms with E-state index < -0.39 is 0 Å². The highest BCUT2D eigenvalue weighted by Gasteiger charge is 2.06. The Morgan fingerprint density at radius 3 is 2.68 bits per heavy atom. The zero-order valence-corrected chi connectivity index (χ0v) is 12.2. The van der Waals surface area contributed by atoms with E-state index in [2.05, 4.69) is 31.4 Å². The van der Waals surface area contributed by atoms with Gasteiger partial charge in [0.15, 0.2) is 6.61 Å². The molecule has 1 aromatic carbocycles. The Labute approximate surface area is 115 Å². The lowest BCUT2D eigenvalue weighted by Gasteiger charge is -2.17. The number of ether oxygens (including phenoxy) is 1. The zero-order chi connectivity index (χ0) is 14.3. The van der Waals surface area contributed by atoms with Crippen molar-refractivity contribution in [1.29, 1.82) is 0 Å². The summed E-state index contributed by atoms with van der Waals surface area (Å²) in [5, 5.41) is 5.96. The van der Waals surface area contributed by atoms with Crippen LogP contribution in [0.5, 0.6) is 5.75 Å². The predicted molar refractivity (Wildman–Crippen MR) is 78.5 cm³/mol. The summed E-state index contributed by atoms with van der Waals surface area (Å²) in [6, 6.07) is 8.10. The number of amides is 1. The number of nitrogens with one attached hydrogen (secondary N) is 2. The number of carbonyl (C=O) groups excluding carboxylic acids is 1. The van der Waals surface area contributed by atoms with E-state index in [1.54, 1.807) is 7.05 Å². The van der Waals surface area contributed by atoms with Gasteiger partial charge in [0.1, 0.15) is 5.75 Å². The standard InChI is InChI=1S/C15H24N2O2/c1-11(2)8-12(3)17-13-6-5-7-14(9-13)19-10-15(18)16-4/h5-7,9,11-12,17H,8,10H2,1-4H3,(H,16,18). The van der Waals surface area contributed by atoms with Gasteiger partial charge < -0.3 is 15.4 Å². The van der Waals surface area contributed by atoms with Crippen molar-refractivity contribution in [3.8, 4) is 5.75 Å². The third kappa shape index (κ3) is 6.13. The van der Waals surface area contributed by atoms with Gasteiger partial charge in [0.2, 0.25) is 0 Å². The number of hydrogen-bond acceptors (Lipinski definition) is 3. The highest BCUT2D eigenvalue weighted by molar-refractivity contribution is 5.77. The van der Waals surface area contributed by atoms with E-state index in [1.807, 2.05) is 24.3 Å². The molecule has 0 aliphatic rings. The largest absolute Gasteiger partial charge is 0.484 e.